The largest absolute Gasteiger partial charge is 0.380 e. The Morgan fingerprint density at radius 1 is 1.43 bits per heavy atom. The molecule has 1 rings (SSSR count). The number of likely N-dealkylation sites (N-methyl/N-ethyl adjacent to an activating group) is 1. The molecule has 21 heavy (non-hydrogen) atoms. The van der Waals surface area contributed by atoms with Gasteiger partial charge in [0.1, 0.15) is 0 Å². The van der Waals surface area contributed by atoms with Crippen molar-refractivity contribution in [3.8, 4) is 0 Å². The number of nitrogens with one attached hydrogen (secondary N) is 1. The summed E-state index contributed by atoms with van der Waals surface area (Å²) in [4.78, 5) is 0. The fraction of sp³-hybridized carbons (Fsp3) is 1.00. The standard InChI is InChI=1S/C14H31N3O3S/c1-5-20-10-9-16(4)21(18,19)17-8-6-7-14(12-17)11-15-13(2)3/h13-15H,5-12H2,1-4H3. The number of rotatable bonds is 9. The lowest BCUT2D eigenvalue weighted by atomic mass is 9.99. The minimum Gasteiger partial charge on any atom is -0.380 e. The second kappa shape index (κ2) is 9.05. The maximum Gasteiger partial charge on any atom is 0.281 e. The zero-order valence-electron chi connectivity index (χ0n) is 13.8. The van der Waals surface area contributed by atoms with Crippen LogP contribution in [0.1, 0.15) is 33.6 Å². The van der Waals surface area contributed by atoms with Crippen molar-refractivity contribution < 1.29 is 13.2 Å². The molecular formula is C14H31N3O3S. The van der Waals surface area contributed by atoms with Crippen molar-refractivity contribution in [1.82, 2.24) is 13.9 Å². The van der Waals surface area contributed by atoms with Gasteiger partial charge in [0, 0.05) is 39.3 Å². The van der Waals surface area contributed by atoms with Gasteiger partial charge in [-0.1, -0.05) is 13.8 Å². The Kier molecular flexibility index (Phi) is 8.12. The number of ether oxygens (including phenoxy) is 1. The van der Waals surface area contributed by atoms with Crippen LogP contribution in [0.5, 0.6) is 0 Å². The van der Waals surface area contributed by atoms with Crippen LogP contribution in [-0.4, -0.2) is 69.5 Å². The molecule has 1 unspecified atom stereocenters. The van der Waals surface area contributed by atoms with Crippen molar-refractivity contribution in [2.24, 2.45) is 5.92 Å². The Balaban J connectivity index is 2.53. The molecule has 0 aromatic rings. The van der Waals surface area contributed by atoms with Crippen LogP contribution in [-0.2, 0) is 14.9 Å². The topological polar surface area (TPSA) is 61.9 Å². The molecule has 1 aliphatic rings. The van der Waals surface area contributed by atoms with Crippen molar-refractivity contribution in [2.45, 2.75) is 39.7 Å². The van der Waals surface area contributed by atoms with E-state index in [0.29, 0.717) is 44.8 Å². The highest BCUT2D eigenvalue weighted by Gasteiger charge is 2.31. The fourth-order valence-electron chi connectivity index (χ4n) is 2.46. The van der Waals surface area contributed by atoms with E-state index >= 15 is 0 Å². The summed E-state index contributed by atoms with van der Waals surface area (Å²) in [6.45, 7) is 9.70. The van der Waals surface area contributed by atoms with Crippen molar-refractivity contribution >= 4 is 10.2 Å². The number of hydrogen-bond acceptors (Lipinski definition) is 4. The molecule has 1 N–H and O–H groups in total. The molecule has 0 aliphatic carbocycles. The summed E-state index contributed by atoms with van der Waals surface area (Å²) in [5.74, 6) is 0.399. The molecule has 0 amide bonds. The number of piperidine rings is 1. The second-order valence-electron chi connectivity index (χ2n) is 5.96. The smallest absolute Gasteiger partial charge is 0.281 e. The summed E-state index contributed by atoms with van der Waals surface area (Å²) < 4.78 is 33.3. The quantitative estimate of drug-likeness (QED) is 0.641. The molecule has 1 atom stereocenters. The highest BCUT2D eigenvalue weighted by molar-refractivity contribution is 7.86. The molecular weight excluding hydrogens is 290 g/mol. The Hall–Kier alpha value is -0.210. The van der Waals surface area contributed by atoms with Crippen LogP contribution in [0.2, 0.25) is 0 Å². The molecule has 0 bridgehead atoms. The molecule has 6 nitrogen and oxygen atoms in total. The summed E-state index contributed by atoms with van der Waals surface area (Å²) in [6, 6.07) is 0.436. The average molecular weight is 321 g/mol. The van der Waals surface area contributed by atoms with Crippen molar-refractivity contribution in [1.29, 1.82) is 0 Å². The summed E-state index contributed by atoms with van der Waals surface area (Å²) in [6.07, 6.45) is 2.03. The van der Waals surface area contributed by atoms with Gasteiger partial charge in [-0.2, -0.15) is 17.0 Å². The van der Waals surface area contributed by atoms with E-state index in [1.807, 2.05) is 6.92 Å². The monoisotopic (exact) mass is 321 g/mol. The van der Waals surface area contributed by atoms with Crippen LogP contribution in [0.4, 0.5) is 0 Å². The lowest BCUT2D eigenvalue weighted by Crippen LogP contribution is -2.49. The minimum atomic E-state index is -3.36. The molecule has 0 spiro atoms. The zero-order valence-corrected chi connectivity index (χ0v) is 14.7. The van der Waals surface area contributed by atoms with Gasteiger partial charge in [-0.05, 0) is 32.2 Å². The van der Waals surface area contributed by atoms with Crippen LogP contribution < -0.4 is 5.32 Å². The highest BCUT2D eigenvalue weighted by atomic mass is 32.2. The molecule has 1 fully saturated rings. The Bertz CT molecular complexity index is 387. The van der Waals surface area contributed by atoms with Crippen LogP contribution in [0.15, 0.2) is 0 Å². The normalized spacial score (nSPS) is 21.3. The summed E-state index contributed by atoms with van der Waals surface area (Å²) in [7, 11) is -1.73. The lowest BCUT2D eigenvalue weighted by Gasteiger charge is -2.34. The molecule has 0 radical (unpaired) electrons. The maximum absolute atomic E-state index is 12.5. The van der Waals surface area contributed by atoms with Crippen molar-refractivity contribution in [3.63, 3.8) is 0 Å². The van der Waals surface area contributed by atoms with Gasteiger partial charge in [0.2, 0.25) is 0 Å². The van der Waals surface area contributed by atoms with E-state index in [1.54, 1.807) is 11.4 Å². The number of nitrogens with zero attached hydrogens (tertiary/aromatic N) is 2. The molecule has 0 aromatic carbocycles. The molecule has 1 saturated heterocycles. The zero-order chi connectivity index (χ0) is 15.9. The van der Waals surface area contributed by atoms with Gasteiger partial charge in [0.15, 0.2) is 0 Å². The highest BCUT2D eigenvalue weighted by Crippen LogP contribution is 2.20. The van der Waals surface area contributed by atoms with Gasteiger partial charge in [-0.3, -0.25) is 0 Å². The first-order chi connectivity index (χ1) is 9.87. The summed E-state index contributed by atoms with van der Waals surface area (Å²) in [5, 5.41) is 3.40. The predicted molar refractivity (Wildman–Crippen MR) is 85.5 cm³/mol. The van der Waals surface area contributed by atoms with Crippen LogP contribution >= 0.6 is 0 Å². The molecule has 126 valence electrons. The third kappa shape index (κ3) is 6.20. The molecule has 0 aromatic heterocycles. The predicted octanol–water partition coefficient (Wildman–Crippen LogP) is 0.910. The van der Waals surface area contributed by atoms with E-state index < -0.39 is 10.2 Å². The van der Waals surface area contributed by atoms with E-state index in [1.165, 1.54) is 4.31 Å². The lowest BCUT2D eigenvalue weighted by molar-refractivity contribution is 0.136. The van der Waals surface area contributed by atoms with E-state index in [9.17, 15) is 8.42 Å². The van der Waals surface area contributed by atoms with Gasteiger partial charge < -0.3 is 10.1 Å². The molecule has 1 aliphatic heterocycles. The van der Waals surface area contributed by atoms with E-state index in [2.05, 4.69) is 19.2 Å². The average Bonchev–Trinajstić information content (AvgIpc) is 2.45. The van der Waals surface area contributed by atoms with Gasteiger partial charge in [0.05, 0.1) is 6.61 Å². The SMILES string of the molecule is CCOCCN(C)S(=O)(=O)N1CCCC(CNC(C)C)C1. The molecule has 0 saturated carbocycles. The van der Waals surface area contributed by atoms with Gasteiger partial charge in [-0.15, -0.1) is 0 Å². The van der Waals surface area contributed by atoms with Gasteiger partial charge in [-0.25, -0.2) is 0 Å². The van der Waals surface area contributed by atoms with Crippen LogP contribution in [0.25, 0.3) is 0 Å². The van der Waals surface area contributed by atoms with Crippen LogP contribution in [0.3, 0.4) is 0 Å². The Morgan fingerprint density at radius 2 is 2.14 bits per heavy atom. The first kappa shape index (κ1) is 18.8. The first-order valence-corrected chi connectivity index (χ1v) is 9.30. The number of hydrogen-bond donors (Lipinski definition) is 1. The molecule has 7 heteroatoms. The third-order valence-corrected chi connectivity index (χ3v) is 5.73. The summed E-state index contributed by atoms with van der Waals surface area (Å²) in [5.41, 5.74) is 0. The van der Waals surface area contributed by atoms with E-state index in [0.717, 1.165) is 19.4 Å². The Morgan fingerprint density at radius 3 is 2.76 bits per heavy atom. The van der Waals surface area contributed by atoms with Crippen LogP contribution in [0, 0.1) is 5.92 Å². The first-order valence-electron chi connectivity index (χ1n) is 7.90. The van der Waals surface area contributed by atoms with Crippen molar-refractivity contribution in [3.05, 3.63) is 0 Å². The molecule has 1 heterocycles. The minimum absolute atomic E-state index is 0.399. The maximum atomic E-state index is 12.5. The second-order valence-corrected chi connectivity index (χ2v) is 7.99. The fourth-order valence-corrected chi connectivity index (χ4v) is 3.91. The Labute approximate surface area is 130 Å². The van der Waals surface area contributed by atoms with Crippen molar-refractivity contribution in [2.75, 3.05) is 46.4 Å². The third-order valence-electron chi connectivity index (χ3n) is 3.77. The van der Waals surface area contributed by atoms with Gasteiger partial charge in [0.25, 0.3) is 10.2 Å². The van der Waals surface area contributed by atoms with E-state index in [-0.39, 0.29) is 0 Å². The summed E-state index contributed by atoms with van der Waals surface area (Å²) >= 11 is 0. The van der Waals surface area contributed by atoms with Gasteiger partial charge >= 0.3 is 0 Å². The van der Waals surface area contributed by atoms with E-state index in [4.69, 9.17) is 4.74 Å².